The van der Waals surface area contributed by atoms with E-state index in [1.807, 2.05) is 32.0 Å². The highest BCUT2D eigenvalue weighted by Crippen LogP contribution is 2.33. The lowest BCUT2D eigenvalue weighted by molar-refractivity contribution is 0.258. The third-order valence-electron chi connectivity index (χ3n) is 3.26. The van der Waals surface area contributed by atoms with Crippen LogP contribution in [-0.2, 0) is 13.2 Å². The average Bonchev–Trinajstić information content (AvgIpc) is 2.39. The van der Waals surface area contributed by atoms with Gasteiger partial charge in [0.25, 0.3) is 0 Å². The number of halogens is 2. The molecule has 0 unspecified atom stereocenters. The SMILES string of the molecule is Cc1cccc(C)c1COc1c(Cl)cc(Cl)cc1CO. The summed E-state index contributed by atoms with van der Waals surface area (Å²) in [6, 6.07) is 9.38. The van der Waals surface area contributed by atoms with Crippen molar-refractivity contribution < 1.29 is 9.84 Å². The average molecular weight is 311 g/mol. The molecule has 0 aliphatic heterocycles. The van der Waals surface area contributed by atoms with E-state index in [1.165, 1.54) is 11.1 Å². The molecule has 1 N–H and O–H groups in total. The molecule has 0 aliphatic carbocycles. The Morgan fingerprint density at radius 3 is 2.35 bits per heavy atom. The summed E-state index contributed by atoms with van der Waals surface area (Å²) in [7, 11) is 0. The van der Waals surface area contributed by atoms with E-state index >= 15 is 0 Å². The fourth-order valence-electron chi connectivity index (χ4n) is 2.11. The van der Waals surface area contributed by atoms with Crippen LogP contribution in [0.5, 0.6) is 5.75 Å². The van der Waals surface area contributed by atoms with Crippen molar-refractivity contribution >= 4 is 23.2 Å². The molecule has 0 radical (unpaired) electrons. The largest absolute Gasteiger partial charge is 0.487 e. The van der Waals surface area contributed by atoms with E-state index in [0.717, 1.165) is 5.56 Å². The molecule has 0 aliphatic rings. The fourth-order valence-corrected chi connectivity index (χ4v) is 2.70. The van der Waals surface area contributed by atoms with Gasteiger partial charge in [-0.3, -0.25) is 0 Å². The first-order valence-corrected chi connectivity index (χ1v) is 7.05. The second kappa shape index (κ2) is 6.49. The summed E-state index contributed by atoms with van der Waals surface area (Å²) >= 11 is 12.1. The van der Waals surface area contributed by atoms with Gasteiger partial charge in [-0.2, -0.15) is 0 Å². The van der Waals surface area contributed by atoms with E-state index in [-0.39, 0.29) is 6.61 Å². The van der Waals surface area contributed by atoms with Gasteiger partial charge in [-0.25, -0.2) is 0 Å². The van der Waals surface area contributed by atoms with Crippen LogP contribution in [0.25, 0.3) is 0 Å². The van der Waals surface area contributed by atoms with Gasteiger partial charge in [-0.05, 0) is 42.7 Å². The maximum absolute atomic E-state index is 9.38. The molecule has 2 aromatic rings. The number of hydrogen-bond acceptors (Lipinski definition) is 2. The number of aryl methyl sites for hydroxylation is 2. The molecule has 20 heavy (non-hydrogen) atoms. The summed E-state index contributed by atoms with van der Waals surface area (Å²) in [6.07, 6.45) is 0. The van der Waals surface area contributed by atoms with E-state index in [0.29, 0.717) is 28.0 Å². The molecule has 0 bridgehead atoms. The Morgan fingerprint density at radius 1 is 1.10 bits per heavy atom. The van der Waals surface area contributed by atoms with Gasteiger partial charge in [-0.1, -0.05) is 41.4 Å². The van der Waals surface area contributed by atoms with Gasteiger partial charge in [0.15, 0.2) is 0 Å². The Kier molecular flexibility index (Phi) is 4.92. The van der Waals surface area contributed by atoms with Crippen LogP contribution in [0.1, 0.15) is 22.3 Å². The predicted molar refractivity (Wildman–Crippen MR) is 82.6 cm³/mol. The summed E-state index contributed by atoms with van der Waals surface area (Å²) in [5.41, 5.74) is 4.05. The maximum atomic E-state index is 9.38. The number of aliphatic hydroxyl groups is 1. The minimum atomic E-state index is -0.164. The van der Waals surface area contributed by atoms with Crippen LogP contribution in [0, 0.1) is 13.8 Å². The Balaban J connectivity index is 2.27. The maximum Gasteiger partial charge on any atom is 0.144 e. The lowest BCUT2D eigenvalue weighted by atomic mass is 10.0. The molecule has 2 aromatic carbocycles. The number of aliphatic hydroxyl groups excluding tert-OH is 1. The molecule has 0 aromatic heterocycles. The van der Waals surface area contributed by atoms with Crippen molar-refractivity contribution in [3.63, 3.8) is 0 Å². The molecule has 0 amide bonds. The molecular weight excluding hydrogens is 295 g/mol. The van der Waals surface area contributed by atoms with Crippen molar-refractivity contribution in [1.82, 2.24) is 0 Å². The molecule has 0 saturated carbocycles. The van der Waals surface area contributed by atoms with E-state index in [9.17, 15) is 5.11 Å². The zero-order chi connectivity index (χ0) is 14.7. The summed E-state index contributed by atoms with van der Waals surface area (Å²) in [6.45, 7) is 4.33. The standard InChI is InChI=1S/C16H16Cl2O2/c1-10-4-3-5-11(2)14(10)9-20-16-12(8-19)6-13(17)7-15(16)18/h3-7,19H,8-9H2,1-2H3. The highest BCUT2D eigenvalue weighted by Gasteiger charge is 2.11. The van der Waals surface area contributed by atoms with Crippen molar-refractivity contribution in [1.29, 1.82) is 0 Å². The van der Waals surface area contributed by atoms with Crippen molar-refractivity contribution in [3.05, 3.63) is 62.6 Å². The zero-order valence-electron chi connectivity index (χ0n) is 11.4. The Labute approximate surface area is 128 Å². The monoisotopic (exact) mass is 310 g/mol. The number of rotatable bonds is 4. The minimum Gasteiger partial charge on any atom is -0.487 e. The highest BCUT2D eigenvalue weighted by molar-refractivity contribution is 6.35. The lowest BCUT2D eigenvalue weighted by Gasteiger charge is -2.15. The van der Waals surface area contributed by atoms with Gasteiger partial charge in [-0.15, -0.1) is 0 Å². The molecule has 0 saturated heterocycles. The van der Waals surface area contributed by atoms with Crippen molar-refractivity contribution in [2.75, 3.05) is 0 Å². The molecular formula is C16H16Cl2O2. The van der Waals surface area contributed by atoms with Gasteiger partial charge in [0, 0.05) is 10.6 Å². The van der Waals surface area contributed by atoms with Crippen LogP contribution in [0.15, 0.2) is 30.3 Å². The summed E-state index contributed by atoms with van der Waals surface area (Å²) < 4.78 is 5.81. The van der Waals surface area contributed by atoms with Crippen LogP contribution >= 0.6 is 23.2 Å². The normalized spacial score (nSPS) is 10.7. The van der Waals surface area contributed by atoms with Gasteiger partial charge < -0.3 is 9.84 Å². The third-order valence-corrected chi connectivity index (χ3v) is 3.76. The van der Waals surface area contributed by atoms with E-state index < -0.39 is 0 Å². The number of hydrogen-bond donors (Lipinski definition) is 1. The van der Waals surface area contributed by atoms with Crippen LogP contribution in [0.2, 0.25) is 10.0 Å². The van der Waals surface area contributed by atoms with Gasteiger partial charge in [0.05, 0.1) is 11.6 Å². The molecule has 0 heterocycles. The molecule has 0 fully saturated rings. The minimum absolute atomic E-state index is 0.164. The van der Waals surface area contributed by atoms with Crippen molar-refractivity contribution in [2.24, 2.45) is 0 Å². The second-order valence-corrected chi connectivity index (χ2v) is 5.54. The third kappa shape index (κ3) is 3.26. The van der Waals surface area contributed by atoms with Crippen LogP contribution < -0.4 is 4.74 Å². The topological polar surface area (TPSA) is 29.5 Å². The van der Waals surface area contributed by atoms with Crippen LogP contribution in [0.4, 0.5) is 0 Å². The Bertz CT molecular complexity index is 604. The first-order chi connectivity index (χ1) is 9.52. The molecule has 4 heteroatoms. The summed E-state index contributed by atoms with van der Waals surface area (Å²) in [5, 5.41) is 10.3. The lowest BCUT2D eigenvalue weighted by Crippen LogP contribution is -2.03. The zero-order valence-corrected chi connectivity index (χ0v) is 12.9. The first-order valence-electron chi connectivity index (χ1n) is 6.29. The Hall–Kier alpha value is -1.22. The number of ether oxygens (including phenoxy) is 1. The van der Waals surface area contributed by atoms with Crippen molar-refractivity contribution in [2.45, 2.75) is 27.1 Å². The second-order valence-electron chi connectivity index (χ2n) is 4.69. The van der Waals surface area contributed by atoms with Gasteiger partial charge >= 0.3 is 0 Å². The van der Waals surface area contributed by atoms with Gasteiger partial charge in [0.1, 0.15) is 12.4 Å². The molecule has 0 spiro atoms. The van der Waals surface area contributed by atoms with Gasteiger partial charge in [0.2, 0.25) is 0 Å². The van der Waals surface area contributed by atoms with E-state index in [4.69, 9.17) is 27.9 Å². The molecule has 2 rings (SSSR count). The fraction of sp³-hybridized carbons (Fsp3) is 0.250. The smallest absolute Gasteiger partial charge is 0.144 e. The van der Waals surface area contributed by atoms with Crippen LogP contribution in [0.3, 0.4) is 0 Å². The highest BCUT2D eigenvalue weighted by atomic mass is 35.5. The Morgan fingerprint density at radius 2 is 1.75 bits per heavy atom. The number of benzene rings is 2. The predicted octanol–water partition coefficient (Wildman–Crippen LogP) is 4.68. The molecule has 0 atom stereocenters. The van der Waals surface area contributed by atoms with Crippen molar-refractivity contribution in [3.8, 4) is 5.75 Å². The first kappa shape index (κ1) is 15.2. The van der Waals surface area contributed by atoms with E-state index in [1.54, 1.807) is 12.1 Å². The molecule has 106 valence electrons. The quantitative estimate of drug-likeness (QED) is 0.888. The van der Waals surface area contributed by atoms with E-state index in [2.05, 4.69) is 0 Å². The molecule has 2 nitrogen and oxygen atoms in total. The summed E-state index contributed by atoms with van der Waals surface area (Å²) in [5.74, 6) is 0.487. The van der Waals surface area contributed by atoms with Crippen LogP contribution in [-0.4, -0.2) is 5.11 Å². The summed E-state index contributed by atoms with van der Waals surface area (Å²) in [4.78, 5) is 0.